The number of ether oxygens (including phenoxy) is 1. The first-order chi connectivity index (χ1) is 13.7. The second-order valence-corrected chi connectivity index (χ2v) is 7.29. The van der Waals surface area contributed by atoms with Crippen molar-refractivity contribution in [2.45, 2.75) is 18.9 Å². The third kappa shape index (κ3) is 4.28. The van der Waals surface area contributed by atoms with Crippen LogP contribution in [0.15, 0.2) is 54.0 Å². The molecule has 1 fully saturated rings. The van der Waals surface area contributed by atoms with Gasteiger partial charge in [-0.05, 0) is 49.2 Å². The van der Waals surface area contributed by atoms with E-state index in [4.69, 9.17) is 4.74 Å². The molecule has 0 radical (unpaired) electrons. The maximum absolute atomic E-state index is 13.0. The van der Waals surface area contributed by atoms with Gasteiger partial charge in [-0.2, -0.15) is 0 Å². The highest BCUT2D eigenvalue weighted by Crippen LogP contribution is 2.32. The summed E-state index contributed by atoms with van der Waals surface area (Å²) in [6.07, 6.45) is 3.50. The van der Waals surface area contributed by atoms with Crippen LogP contribution in [0.1, 0.15) is 24.6 Å². The summed E-state index contributed by atoms with van der Waals surface area (Å²) < 4.78 is 18.5. The number of nitrogens with zero attached hydrogens (tertiary/aromatic N) is 3. The first kappa shape index (κ1) is 18.4. The average Bonchev–Trinajstić information content (AvgIpc) is 3.39. The predicted molar refractivity (Wildman–Crippen MR) is 105 cm³/mol. The summed E-state index contributed by atoms with van der Waals surface area (Å²) in [5, 5.41) is 5.85. The van der Waals surface area contributed by atoms with Crippen molar-refractivity contribution in [1.82, 2.24) is 14.9 Å². The Hall–Kier alpha value is -3.00. The molecule has 0 aliphatic carbocycles. The first-order valence-electron chi connectivity index (χ1n) is 9.00. The fourth-order valence-corrected chi connectivity index (χ4v) is 3.77. The minimum absolute atomic E-state index is 0.0811. The number of likely N-dealkylation sites (tertiary alicyclic amines) is 1. The molecular formula is C20H19FN4O2S. The summed E-state index contributed by atoms with van der Waals surface area (Å²) in [5.74, 6) is 0.732. The van der Waals surface area contributed by atoms with E-state index in [-0.39, 0.29) is 24.4 Å². The van der Waals surface area contributed by atoms with Crippen LogP contribution in [0.5, 0.6) is 5.75 Å². The molecule has 3 aromatic rings. The van der Waals surface area contributed by atoms with Gasteiger partial charge >= 0.3 is 0 Å². The Kier molecular flexibility index (Phi) is 5.48. The predicted octanol–water partition coefficient (Wildman–Crippen LogP) is 4.16. The molecule has 2 aromatic heterocycles. The Bertz CT molecular complexity index is 934. The Morgan fingerprint density at radius 3 is 2.93 bits per heavy atom. The zero-order valence-electron chi connectivity index (χ0n) is 15.0. The van der Waals surface area contributed by atoms with Gasteiger partial charge in [0.25, 0.3) is 5.91 Å². The quantitative estimate of drug-likeness (QED) is 0.675. The van der Waals surface area contributed by atoms with Crippen molar-refractivity contribution in [1.29, 1.82) is 0 Å². The van der Waals surface area contributed by atoms with Gasteiger partial charge in [0.15, 0.2) is 11.7 Å². The van der Waals surface area contributed by atoms with Crippen LogP contribution in [0.4, 0.5) is 15.3 Å². The molecule has 0 bridgehead atoms. The molecule has 1 aromatic carbocycles. The van der Waals surface area contributed by atoms with Crippen LogP contribution in [0.2, 0.25) is 0 Å². The van der Waals surface area contributed by atoms with E-state index in [9.17, 15) is 9.18 Å². The molecule has 1 atom stereocenters. The van der Waals surface area contributed by atoms with Crippen LogP contribution in [-0.4, -0.2) is 33.9 Å². The lowest BCUT2D eigenvalue weighted by Crippen LogP contribution is -2.34. The van der Waals surface area contributed by atoms with Crippen LogP contribution in [0, 0.1) is 5.82 Å². The SMILES string of the molecule is O=C(COc1ccc(F)cc1)N1CCCC1c1cccc(Nc2nccs2)n1. The maximum Gasteiger partial charge on any atom is 0.261 e. The molecule has 0 saturated carbocycles. The van der Waals surface area contributed by atoms with Crippen LogP contribution in [-0.2, 0) is 4.79 Å². The van der Waals surface area contributed by atoms with Gasteiger partial charge in [-0.25, -0.2) is 14.4 Å². The summed E-state index contributed by atoms with van der Waals surface area (Å²) >= 11 is 1.50. The van der Waals surface area contributed by atoms with Gasteiger partial charge in [-0.3, -0.25) is 4.79 Å². The molecule has 8 heteroatoms. The highest BCUT2D eigenvalue weighted by atomic mass is 32.1. The summed E-state index contributed by atoms with van der Waals surface area (Å²) in [6.45, 7) is 0.585. The van der Waals surface area contributed by atoms with Crippen molar-refractivity contribution in [3.63, 3.8) is 0 Å². The summed E-state index contributed by atoms with van der Waals surface area (Å²) in [4.78, 5) is 23.4. The number of carbonyl (C=O) groups is 1. The molecule has 1 amide bonds. The molecule has 6 nitrogen and oxygen atoms in total. The van der Waals surface area contributed by atoms with Crippen LogP contribution < -0.4 is 10.1 Å². The smallest absolute Gasteiger partial charge is 0.261 e. The normalized spacial score (nSPS) is 16.2. The summed E-state index contributed by atoms with van der Waals surface area (Å²) in [6, 6.07) is 11.3. The van der Waals surface area contributed by atoms with Crippen molar-refractivity contribution >= 4 is 28.2 Å². The second kappa shape index (κ2) is 8.35. The molecule has 1 aliphatic heterocycles. The highest BCUT2D eigenvalue weighted by molar-refractivity contribution is 7.13. The van der Waals surface area contributed by atoms with Crippen molar-refractivity contribution in [3.8, 4) is 5.75 Å². The average molecular weight is 398 g/mol. The standard InChI is InChI=1S/C20H19FN4O2S/c21-14-6-8-15(9-7-14)27-13-19(26)25-11-2-4-17(25)16-3-1-5-18(23-16)24-20-22-10-12-28-20/h1,3,5-10,12,17H,2,4,11,13H2,(H,22,23,24). The van der Waals surface area contributed by atoms with Gasteiger partial charge in [-0.15, -0.1) is 11.3 Å². The van der Waals surface area contributed by atoms with Gasteiger partial charge in [0.05, 0.1) is 11.7 Å². The van der Waals surface area contributed by atoms with E-state index in [1.807, 2.05) is 23.6 Å². The largest absolute Gasteiger partial charge is 0.484 e. The Balaban J connectivity index is 1.42. The van der Waals surface area contributed by atoms with Crippen molar-refractivity contribution in [3.05, 3.63) is 65.6 Å². The molecule has 3 heterocycles. The third-order valence-corrected chi connectivity index (χ3v) is 5.22. The minimum Gasteiger partial charge on any atom is -0.484 e. The molecule has 1 N–H and O–H groups in total. The van der Waals surface area contributed by atoms with Gasteiger partial charge < -0.3 is 15.0 Å². The van der Waals surface area contributed by atoms with E-state index in [0.29, 0.717) is 18.1 Å². The molecular weight excluding hydrogens is 379 g/mol. The van der Waals surface area contributed by atoms with E-state index in [2.05, 4.69) is 15.3 Å². The van der Waals surface area contributed by atoms with E-state index in [1.54, 1.807) is 11.1 Å². The number of hydrogen-bond acceptors (Lipinski definition) is 6. The number of pyridine rings is 1. The lowest BCUT2D eigenvalue weighted by molar-refractivity contribution is -0.134. The van der Waals surface area contributed by atoms with Crippen LogP contribution in [0.3, 0.4) is 0 Å². The number of nitrogens with one attached hydrogen (secondary N) is 1. The summed E-state index contributed by atoms with van der Waals surface area (Å²) in [5.41, 5.74) is 0.842. The minimum atomic E-state index is -0.337. The number of anilines is 2. The number of aromatic nitrogens is 2. The fourth-order valence-electron chi connectivity index (χ4n) is 3.23. The monoisotopic (exact) mass is 398 g/mol. The molecule has 0 spiro atoms. The first-order valence-corrected chi connectivity index (χ1v) is 9.88. The molecule has 1 saturated heterocycles. The number of benzene rings is 1. The highest BCUT2D eigenvalue weighted by Gasteiger charge is 2.31. The van der Waals surface area contributed by atoms with Gasteiger partial charge in [0, 0.05) is 18.1 Å². The van der Waals surface area contributed by atoms with Crippen LogP contribution in [0.25, 0.3) is 0 Å². The van der Waals surface area contributed by atoms with Gasteiger partial charge in [0.2, 0.25) is 0 Å². The Morgan fingerprint density at radius 2 is 2.14 bits per heavy atom. The van der Waals surface area contributed by atoms with Crippen LogP contribution >= 0.6 is 11.3 Å². The van der Waals surface area contributed by atoms with Crippen molar-refractivity contribution < 1.29 is 13.9 Å². The molecule has 4 rings (SSSR count). The van der Waals surface area contributed by atoms with E-state index < -0.39 is 0 Å². The maximum atomic E-state index is 13.0. The van der Waals surface area contributed by atoms with Crippen molar-refractivity contribution in [2.75, 3.05) is 18.5 Å². The number of carbonyl (C=O) groups excluding carboxylic acids is 1. The summed E-state index contributed by atoms with van der Waals surface area (Å²) in [7, 11) is 0. The molecule has 144 valence electrons. The zero-order valence-corrected chi connectivity index (χ0v) is 15.9. The van der Waals surface area contributed by atoms with E-state index in [0.717, 1.165) is 23.7 Å². The molecule has 1 aliphatic rings. The second-order valence-electron chi connectivity index (χ2n) is 6.40. The van der Waals surface area contributed by atoms with Crippen molar-refractivity contribution in [2.24, 2.45) is 0 Å². The Morgan fingerprint density at radius 1 is 1.29 bits per heavy atom. The topological polar surface area (TPSA) is 67.3 Å². The number of amides is 1. The van der Waals surface area contributed by atoms with E-state index >= 15 is 0 Å². The lowest BCUT2D eigenvalue weighted by Gasteiger charge is -2.24. The lowest BCUT2D eigenvalue weighted by atomic mass is 10.1. The Labute approximate surface area is 166 Å². The number of rotatable bonds is 6. The number of hydrogen-bond donors (Lipinski definition) is 1. The van der Waals surface area contributed by atoms with Gasteiger partial charge in [0.1, 0.15) is 17.4 Å². The fraction of sp³-hybridized carbons (Fsp3) is 0.250. The zero-order chi connectivity index (χ0) is 19.3. The third-order valence-electron chi connectivity index (χ3n) is 4.53. The number of thiazole rings is 1. The molecule has 1 unspecified atom stereocenters. The number of halogens is 1. The molecule has 28 heavy (non-hydrogen) atoms. The van der Waals surface area contributed by atoms with E-state index in [1.165, 1.54) is 35.6 Å². The van der Waals surface area contributed by atoms with Gasteiger partial charge in [-0.1, -0.05) is 6.07 Å².